The van der Waals surface area contributed by atoms with Crippen molar-refractivity contribution in [2.24, 2.45) is 7.05 Å². The third-order valence-electron chi connectivity index (χ3n) is 5.39. The molecular weight excluding hydrogens is 378 g/mol. The Balaban J connectivity index is 1.49. The highest BCUT2D eigenvalue weighted by atomic mass is 32.2. The number of aryl methyl sites for hydroxylation is 2. The lowest BCUT2D eigenvalue weighted by Crippen LogP contribution is -2.48. The van der Waals surface area contributed by atoms with Gasteiger partial charge in [0.05, 0.1) is 10.4 Å². The Hall–Kier alpha value is -2.42. The molecule has 1 aromatic heterocycles. The van der Waals surface area contributed by atoms with E-state index in [1.54, 1.807) is 13.1 Å². The molecule has 1 saturated heterocycles. The fourth-order valence-corrected chi connectivity index (χ4v) is 5.02. The van der Waals surface area contributed by atoms with Crippen molar-refractivity contribution in [1.82, 2.24) is 13.8 Å². The Morgan fingerprint density at radius 1 is 1.04 bits per heavy atom. The maximum atomic E-state index is 13.0. The van der Waals surface area contributed by atoms with E-state index >= 15 is 0 Å². The van der Waals surface area contributed by atoms with E-state index in [2.05, 4.69) is 24.0 Å². The van der Waals surface area contributed by atoms with Gasteiger partial charge in [0.25, 0.3) is 0 Å². The summed E-state index contributed by atoms with van der Waals surface area (Å²) < 4.78 is 34.0. The predicted octanol–water partition coefficient (Wildman–Crippen LogP) is 1.95. The zero-order valence-corrected chi connectivity index (χ0v) is 16.8. The average molecular weight is 401 g/mol. The Bertz CT molecular complexity index is 1170. The lowest BCUT2D eigenvalue weighted by atomic mass is 10.1. The first-order valence-corrected chi connectivity index (χ1v) is 10.7. The first kappa shape index (κ1) is 18.9. The van der Waals surface area contributed by atoms with E-state index in [-0.39, 0.29) is 10.5 Å². The largest absolute Gasteiger partial charge is 0.419 e. The molecule has 148 valence electrons. The average Bonchev–Trinajstić information content (AvgIpc) is 2.97. The van der Waals surface area contributed by atoms with Gasteiger partial charge in [0.15, 0.2) is 5.58 Å². The van der Waals surface area contributed by atoms with Crippen LogP contribution < -0.4 is 5.76 Å². The van der Waals surface area contributed by atoms with Crippen molar-refractivity contribution in [1.29, 1.82) is 0 Å². The lowest BCUT2D eigenvalue weighted by Gasteiger charge is -2.34. The topological polar surface area (TPSA) is 75.8 Å². The number of fused-ring (bicyclic) bond motifs is 1. The fourth-order valence-electron chi connectivity index (χ4n) is 3.58. The summed E-state index contributed by atoms with van der Waals surface area (Å²) in [5, 5.41) is 0. The molecule has 0 bridgehead atoms. The van der Waals surface area contributed by atoms with Gasteiger partial charge in [-0.25, -0.2) is 13.2 Å². The van der Waals surface area contributed by atoms with E-state index in [1.807, 2.05) is 12.1 Å². The molecule has 0 N–H and O–H groups in total. The van der Waals surface area contributed by atoms with Crippen LogP contribution in [0.1, 0.15) is 11.1 Å². The molecule has 28 heavy (non-hydrogen) atoms. The van der Waals surface area contributed by atoms with Crippen LogP contribution in [0, 0.1) is 6.92 Å². The molecule has 1 fully saturated rings. The Morgan fingerprint density at radius 3 is 2.46 bits per heavy atom. The number of hydrogen-bond acceptors (Lipinski definition) is 5. The number of oxazole rings is 1. The van der Waals surface area contributed by atoms with Crippen molar-refractivity contribution < 1.29 is 12.8 Å². The van der Waals surface area contributed by atoms with Gasteiger partial charge in [0.1, 0.15) is 0 Å². The van der Waals surface area contributed by atoms with Gasteiger partial charge in [0, 0.05) is 45.8 Å². The van der Waals surface area contributed by atoms with Crippen molar-refractivity contribution in [3.05, 3.63) is 64.1 Å². The summed E-state index contributed by atoms with van der Waals surface area (Å²) in [6.45, 7) is 5.14. The number of benzene rings is 2. The molecule has 1 aliphatic heterocycles. The van der Waals surface area contributed by atoms with Gasteiger partial charge in [-0.3, -0.25) is 9.47 Å². The first-order chi connectivity index (χ1) is 13.4. The van der Waals surface area contributed by atoms with E-state index in [1.165, 1.54) is 32.1 Å². The second-order valence-corrected chi connectivity index (χ2v) is 9.10. The van der Waals surface area contributed by atoms with Crippen molar-refractivity contribution in [2.75, 3.05) is 26.2 Å². The van der Waals surface area contributed by atoms with Crippen LogP contribution in [-0.4, -0.2) is 48.4 Å². The Morgan fingerprint density at radius 2 is 1.75 bits per heavy atom. The molecular formula is C20H23N3O4S. The molecule has 3 aromatic rings. The van der Waals surface area contributed by atoms with Crippen LogP contribution in [-0.2, 0) is 23.6 Å². The monoisotopic (exact) mass is 401 g/mol. The summed E-state index contributed by atoms with van der Waals surface area (Å²) in [6, 6.07) is 12.8. The van der Waals surface area contributed by atoms with Gasteiger partial charge in [-0.1, -0.05) is 24.3 Å². The van der Waals surface area contributed by atoms with Crippen LogP contribution >= 0.6 is 0 Å². The van der Waals surface area contributed by atoms with Gasteiger partial charge in [-0.15, -0.1) is 0 Å². The van der Waals surface area contributed by atoms with Gasteiger partial charge < -0.3 is 4.42 Å². The number of rotatable bonds is 4. The summed E-state index contributed by atoms with van der Waals surface area (Å²) in [6.07, 6.45) is 0. The molecule has 0 saturated carbocycles. The molecule has 2 aromatic carbocycles. The number of piperazine rings is 1. The number of aromatic nitrogens is 1. The van der Waals surface area contributed by atoms with Crippen molar-refractivity contribution in [3.63, 3.8) is 0 Å². The highest BCUT2D eigenvalue weighted by Gasteiger charge is 2.29. The quantitative estimate of drug-likeness (QED) is 0.668. The van der Waals surface area contributed by atoms with E-state index in [4.69, 9.17) is 4.42 Å². The molecule has 2 heterocycles. The normalized spacial score (nSPS) is 16.6. The summed E-state index contributed by atoms with van der Waals surface area (Å²) in [7, 11) is -2.03. The standard InChI is InChI=1S/C20H23N3O4S/c1-15-5-3-4-6-16(15)14-22-9-11-23(12-10-22)28(25,26)17-7-8-18-19(13-17)27-20(24)21(18)2/h3-8,13H,9-12,14H2,1-2H3. The minimum atomic E-state index is -3.63. The summed E-state index contributed by atoms with van der Waals surface area (Å²) in [5.41, 5.74) is 3.37. The zero-order chi connectivity index (χ0) is 19.9. The molecule has 0 spiro atoms. The van der Waals surface area contributed by atoms with Crippen LogP contribution in [0.15, 0.2) is 56.6 Å². The third kappa shape index (κ3) is 3.39. The van der Waals surface area contributed by atoms with Crippen LogP contribution in [0.25, 0.3) is 11.1 Å². The highest BCUT2D eigenvalue weighted by molar-refractivity contribution is 7.89. The fraction of sp³-hybridized carbons (Fsp3) is 0.350. The lowest BCUT2D eigenvalue weighted by molar-refractivity contribution is 0.181. The van der Waals surface area contributed by atoms with Crippen molar-refractivity contribution >= 4 is 21.1 Å². The summed E-state index contributed by atoms with van der Waals surface area (Å²) in [5.74, 6) is -0.505. The van der Waals surface area contributed by atoms with Gasteiger partial charge in [0.2, 0.25) is 10.0 Å². The maximum absolute atomic E-state index is 13.0. The number of nitrogens with zero attached hydrogens (tertiary/aromatic N) is 3. The Labute approximate surface area is 163 Å². The summed E-state index contributed by atoms with van der Waals surface area (Å²) >= 11 is 0. The molecule has 0 unspecified atom stereocenters. The first-order valence-electron chi connectivity index (χ1n) is 9.23. The van der Waals surface area contributed by atoms with Crippen molar-refractivity contribution in [3.8, 4) is 0 Å². The van der Waals surface area contributed by atoms with Gasteiger partial charge in [-0.2, -0.15) is 4.31 Å². The van der Waals surface area contributed by atoms with Crippen LogP contribution in [0.4, 0.5) is 0 Å². The minimum Gasteiger partial charge on any atom is -0.408 e. The summed E-state index contributed by atoms with van der Waals surface area (Å²) in [4.78, 5) is 14.1. The molecule has 0 amide bonds. The number of sulfonamides is 1. The second kappa shape index (κ2) is 7.20. The molecule has 0 radical (unpaired) electrons. The van der Waals surface area contributed by atoms with E-state index in [0.717, 1.165) is 6.54 Å². The minimum absolute atomic E-state index is 0.154. The van der Waals surface area contributed by atoms with E-state index in [9.17, 15) is 13.2 Å². The molecule has 8 heteroatoms. The van der Waals surface area contributed by atoms with Gasteiger partial charge in [-0.05, 0) is 30.2 Å². The SMILES string of the molecule is Cc1ccccc1CN1CCN(S(=O)(=O)c2ccc3c(c2)oc(=O)n3C)CC1. The predicted molar refractivity (Wildman–Crippen MR) is 107 cm³/mol. The Kier molecular flexibility index (Phi) is 4.86. The molecule has 1 aliphatic rings. The van der Waals surface area contributed by atoms with Gasteiger partial charge >= 0.3 is 5.76 Å². The van der Waals surface area contributed by atoms with Crippen LogP contribution in [0.5, 0.6) is 0 Å². The molecule has 0 atom stereocenters. The van der Waals surface area contributed by atoms with Crippen molar-refractivity contribution in [2.45, 2.75) is 18.4 Å². The van der Waals surface area contributed by atoms with E-state index < -0.39 is 15.8 Å². The smallest absolute Gasteiger partial charge is 0.408 e. The van der Waals surface area contributed by atoms with Crippen LogP contribution in [0.2, 0.25) is 0 Å². The van der Waals surface area contributed by atoms with E-state index in [0.29, 0.717) is 31.7 Å². The number of hydrogen-bond donors (Lipinski definition) is 0. The maximum Gasteiger partial charge on any atom is 0.419 e. The second-order valence-electron chi connectivity index (χ2n) is 7.16. The highest BCUT2D eigenvalue weighted by Crippen LogP contribution is 2.23. The molecule has 0 aliphatic carbocycles. The molecule has 4 rings (SSSR count). The third-order valence-corrected chi connectivity index (χ3v) is 7.28. The molecule has 7 nitrogen and oxygen atoms in total. The zero-order valence-electron chi connectivity index (χ0n) is 16.0. The van der Waals surface area contributed by atoms with Crippen LogP contribution in [0.3, 0.4) is 0 Å².